The Morgan fingerprint density at radius 3 is 2.86 bits per heavy atom. The molecule has 0 aliphatic carbocycles. The monoisotopic (exact) mass is 214 g/mol. The Balaban J connectivity index is 2.49. The normalized spacial score (nSPS) is 18.6. The summed E-state index contributed by atoms with van der Waals surface area (Å²) in [5, 5.41) is 0.126. The second-order valence-electron chi connectivity index (χ2n) is 4.21. The molecule has 14 heavy (non-hydrogen) atoms. The van der Waals surface area contributed by atoms with Gasteiger partial charge in [-0.05, 0) is 38.3 Å². The SMILES string of the molecule is CC1(C)CCc2ccc(Cl)c(F)c2O1. The van der Waals surface area contributed by atoms with Crippen molar-refractivity contribution < 1.29 is 9.13 Å². The fraction of sp³-hybridized carbons (Fsp3) is 0.455. The van der Waals surface area contributed by atoms with Crippen LogP contribution in [0.5, 0.6) is 5.75 Å². The summed E-state index contributed by atoms with van der Waals surface area (Å²) in [6.07, 6.45) is 1.75. The number of ether oxygens (including phenoxy) is 1. The van der Waals surface area contributed by atoms with Crippen molar-refractivity contribution in [2.24, 2.45) is 0 Å². The second kappa shape index (κ2) is 3.13. The van der Waals surface area contributed by atoms with E-state index >= 15 is 0 Å². The average Bonchev–Trinajstić information content (AvgIpc) is 2.11. The predicted molar refractivity (Wildman–Crippen MR) is 54.4 cm³/mol. The molecular formula is C11H12ClFO. The number of hydrogen-bond donors (Lipinski definition) is 0. The van der Waals surface area contributed by atoms with E-state index < -0.39 is 5.82 Å². The van der Waals surface area contributed by atoms with Gasteiger partial charge in [0.2, 0.25) is 0 Å². The first-order valence-electron chi connectivity index (χ1n) is 4.65. The van der Waals surface area contributed by atoms with Gasteiger partial charge in [-0.15, -0.1) is 0 Å². The van der Waals surface area contributed by atoms with Crippen molar-refractivity contribution >= 4 is 11.6 Å². The molecule has 1 aromatic rings. The molecule has 0 amide bonds. The first-order chi connectivity index (χ1) is 6.49. The molecular weight excluding hydrogens is 203 g/mol. The Labute approximate surface area is 87.8 Å². The summed E-state index contributed by atoms with van der Waals surface area (Å²) in [4.78, 5) is 0. The number of aryl methyl sites for hydroxylation is 1. The summed E-state index contributed by atoms with van der Waals surface area (Å²) in [5.74, 6) is -0.106. The lowest BCUT2D eigenvalue weighted by Gasteiger charge is -2.32. The zero-order chi connectivity index (χ0) is 10.3. The Kier molecular flexibility index (Phi) is 2.18. The molecule has 0 unspecified atom stereocenters. The highest BCUT2D eigenvalue weighted by molar-refractivity contribution is 6.30. The third-order valence-electron chi connectivity index (χ3n) is 2.51. The summed E-state index contributed by atoms with van der Waals surface area (Å²) < 4.78 is 19.1. The summed E-state index contributed by atoms with van der Waals surface area (Å²) in [6.45, 7) is 3.91. The molecule has 0 N–H and O–H groups in total. The highest BCUT2D eigenvalue weighted by atomic mass is 35.5. The molecule has 0 radical (unpaired) electrons. The van der Waals surface area contributed by atoms with Gasteiger partial charge in [-0.3, -0.25) is 0 Å². The van der Waals surface area contributed by atoms with E-state index in [4.69, 9.17) is 16.3 Å². The zero-order valence-corrected chi connectivity index (χ0v) is 8.99. The lowest BCUT2D eigenvalue weighted by molar-refractivity contribution is 0.0790. The van der Waals surface area contributed by atoms with E-state index in [1.165, 1.54) is 0 Å². The molecule has 1 heterocycles. The maximum absolute atomic E-state index is 13.6. The zero-order valence-electron chi connectivity index (χ0n) is 8.23. The van der Waals surface area contributed by atoms with Crippen LogP contribution >= 0.6 is 11.6 Å². The van der Waals surface area contributed by atoms with Crippen molar-refractivity contribution in [3.63, 3.8) is 0 Å². The standard InChI is InChI=1S/C11H12ClFO/c1-11(2)6-5-7-3-4-8(12)9(13)10(7)14-11/h3-4H,5-6H2,1-2H3. The highest BCUT2D eigenvalue weighted by Gasteiger charge is 2.29. The van der Waals surface area contributed by atoms with E-state index in [2.05, 4.69) is 0 Å². The number of hydrogen-bond acceptors (Lipinski definition) is 1. The van der Waals surface area contributed by atoms with E-state index in [-0.39, 0.29) is 10.6 Å². The van der Waals surface area contributed by atoms with Gasteiger partial charge in [0.1, 0.15) is 5.60 Å². The van der Waals surface area contributed by atoms with E-state index in [1.54, 1.807) is 6.07 Å². The van der Waals surface area contributed by atoms with Crippen molar-refractivity contribution in [1.29, 1.82) is 0 Å². The molecule has 2 rings (SSSR count). The minimum Gasteiger partial charge on any atom is -0.484 e. The number of benzene rings is 1. The molecule has 1 nitrogen and oxygen atoms in total. The lowest BCUT2D eigenvalue weighted by Crippen LogP contribution is -2.33. The lowest BCUT2D eigenvalue weighted by atomic mass is 9.94. The summed E-state index contributed by atoms with van der Waals surface area (Å²) in [6, 6.07) is 3.41. The first kappa shape index (κ1) is 9.78. The fourth-order valence-corrected chi connectivity index (χ4v) is 1.79. The molecule has 76 valence electrons. The van der Waals surface area contributed by atoms with Crippen LogP contribution in [0.2, 0.25) is 5.02 Å². The molecule has 0 bridgehead atoms. The molecule has 1 aliphatic rings. The molecule has 1 aliphatic heterocycles. The van der Waals surface area contributed by atoms with Crippen molar-refractivity contribution in [1.82, 2.24) is 0 Å². The van der Waals surface area contributed by atoms with Crippen LogP contribution in [0.1, 0.15) is 25.8 Å². The maximum Gasteiger partial charge on any atom is 0.183 e. The van der Waals surface area contributed by atoms with Gasteiger partial charge in [0.25, 0.3) is 0 Å². The number of rotatable bonds is 0. The predicted octanol–water partition coefficient (Wildman–Crippen LogP) is 3.58. The van der Waals surface area contributed by atoms with Crippen LogP contribution < -0.4 is 4.74 Å². The van der Waals surface area contributed by atoms with Gasteiger partial charge in [-0.1, -0.05) is 17.7 Å². The number of fused-ring (bicyclic) bond motifs is 1. The van der Waals surface area contributed by atoms with E-state index in [9.17, 15) is 4.39 Å². The van der Waals surface area contributed by atoms with Crippen LogP contribution in [0, 0.1) is 5.82 Å². The smallest absolute Gasteiger partial charge is 0.183 e. The van der Waals surface area contributed by atoms with E-state index in [0.29, 0.717) is 5.75 Å². The third kappa shape index (κ3) is 1.59. The minimum absolute atomic E-state index is 0.126. The van der Waals surface area contributed by atoms with Crippen LogP contribution in [0.15, 0.2) is 12.1 Å². The number of halogens is 2. The van der Waals surface area contributed by atoms with E-state index in [1.807, 2.05) is 19.9 Å². The maximum atomic E-state index is 13.6. The van der Waals surface area contributed by atoms with Crippen molar-refractivity contribution in [2.75, 3.05) is 0 Å². The van der Waals surface area contributed by atoms with Crippen LogP contribution in [0.4, 0.5) is 4.39 Å². The second-order valence-corrected chi connectivity index (χ2v) is 4.62. The molecule has 0 spiro atoms. The largest absolute Gasteiger partial charge is 0.484 e. The molecule has 0 aromatic heterocycles. The Bertz CT molecular complexity index is 374. The highest BCUT2D eigenvalue weighted by Crippen LogP contribution is 2.37. The van der Waals surface area contributed by atoms with Gasteiger partial charge < -0.3 is 4.74 Å². The van der Waals surface area contributed by atoms with Gasteiger partial charge in [-0.25, -0.2) is 4.39 Å². The quantitative estimate of drug-likeness (QED) is 0.642. The minimum atomic E-state index is -0.433. The van der Waals surface area contributed by atoms with Gasteiger partial charge in [0, 0.05) is 0 Å². The van der Waals surface area contributed by atoms with Crippen molar-refractivity contribution in [2.45, 2.75) is 32.3 Å². The van der Waals surface area contributed by atoms with Gasteiger partial charge in [-0.2, -0.15) is 0 Å². The van der Waals surface area contributed by atoms with Crippen LogP contribution in [0.25, 0.3) is 0 Å². The summed E-state index contributed by atoms with van der Waals surface area (Å²) >= 11 is 5.68. The fourth-order valence-electron chi connectivity index (χ4n) is 1.64. The van der Waals surface area contributed by atoms with Crippen molar-refractivity contribution in [3.05, 3.63) is 28.5 Å². The van der Waals surface area contributed by atoms with Gasteiger partial charge >= 0.3 is 0 Å². The summed E-state index contributed by atoms with van der Waals surface area (Å²) in [5.41, 5.74) is 0.615. The average molecular weight is 215 g/mol. The Morgan fingerprint density at radius 2 is 2.14 bits per heavy atom. The Morgan fingerprint density at radius 1 is 1.43 bits per heavy atom. The molecule has 0 atom stereocenters. The topological polar surface area (TPSA) is 9.23 Å². The van der Waals surface area contributed by atoms with E-state index in [0.717, 1.165) is 18.4 Å². The first-order valence-corrected chi connectivity index (χ1v) is 5.03. The molecule has 1 aromatic carbocycles. The molecule has 0 saturated heterocycles. The van der Waals surface area contributed by atoms with Gasteiger partial charge in [0.05, 0.1) is 5.02 Å². The van der Waals surface area contributed by atoms with Crippen LogP contribution in [0.3, 0.4) is 0 Å². The molecule has 0 saturated carbocycles. The third-order valence-corrected chi connectivity index (χ3v) is 2.80. The molecule has 3 heteroatoms. The van der Waals surface area contributed by atoms with Crippen LogP contribution in [-0.2, 0) is 6.42 Å². The van der Waals surface area contributed by atoms with Gasteiger partial charge in [0.15, 0.2) is 11.6 Å². The summed E-state index contributed by atoms with van der Waals surface area (Å²) in [7, 11) is 0. The molecule has 0 fully saturated rings. The Hall–Kier alpha value is -0.760. The van der Waals surface area contributed by atoms with Crippen LogP contribution in [-0.4, -0.2) is 5.60 Å². The van der Waals surface area contributed by atoms with Crippen molar-refractivity contribution in [3.8, 4) is 5.75 Å².